The number of sulfonamides is 1. The van der Waals surface area contributed by atoms with E-state index < -0.39 is 27.9 Å². The van der Waals surface area contributed by atoms with Gasteiger partial charge in [0.1, 0.15) is 6.04 Å². The minimum Gasteiger partial charge on any atom is -0.480 e. The van der Waals surface area contributed by atoms with Crippen LogP contribution in [0.5, 0.6) is 0 Å². The monoisotopic (exact) mass is 344 g/mol. The second kappa shape index (κ2) is 7.93. The van der Waals surface area contributed by atoms with E-state index in [-0.39, 0.29) is 24.3 Å². The molecule has 23 heavy (non-hydrogen) atoms. The Balaban J connectivity index is 3.05. The van der Waals surface area contributed by atoms with Crippen molar-refractivity contribution in [2.45, 2.75) is 19.4 Å². The number of ether oxygens (including phenoxy) is 1. The van der Waals surface area contributed by atoms with Crippen molar-refractivity contribution in [2.24, 2.45) is 0 Å². The number of hydrogen-bond donors (Lipinski definition) is 3. The predicted octanol–water partition coefficient (Wildman–Crippen LogP) is 0.586. The first-order chi connectivity index (χ1) is 10.6. The van der Waals surface area contributed by atoms with Crippen molar-refractivity contribution in [1.29, 1.82) is 0 Å². The van der Waals surface area contributed by atoms with Gasteiger partial charge in [-0.15, -0.1) is 0 Å². The summed E-state index contributed by atoms with van der Waals surface area (Å²) in [5.74, 6) is -1.87. The number of carbonyl (C=O) groups excluding carboxylic acids is 1. The molecule has 1 amide bonds. The highest BCUT2D eigenvalue weighted by atomic mass is 32.2. The molecule has 128 valence electrons. The second-order valence-corrected chi connectivity index (χ2v) is 6.82. The summed E-state index contributed by atoms with van der Waals surface area (Å²) in [6.07, 6.45) is 1.06. The molecule has 0 fully saturated rings. The number of carboxylic acid groups (broad SMARTS) is 1. The number of nitrogens with one attached hydrogen (secondary N) is 2. The Bertz CT molecular complexity index is 687. The lowest BCUT2D eigenvalue weighted by molar-refractivity contribution is -0.139. The third kappa shape index (κ3) is 6.25. The maximum atomic E-state index is 12.3. The predicted molar refractivity (Wildman–Crippen MR) is 85.0 cm³/mol. The van der Waals surface area contributed by atoms with E-state index in [9.17, 15) is 18.0 Å². The molecule has 0 aliphatic heterocycles. The van der Waals surface area contributed by atoms with Crippen LogP contribution in [-0.4, -0.2) is 51.4 Å². The number of rotatable bonds is 8. The molecule has 1 aromatic rings. The molecule has 0 bridgehead atoms. The SMILES string of the molecule is COCCC(NC(=O)c1cc(C)ccc1NS(C)(=O)=O)C(=O)O. The largest absolute Gasteiger partial charge is 0.480 e. The molecule has 1 atom stereocenters. The van der Waals surface area contributed by atoms with Gasteiger partial charge in [0.15, 0.2) is 0 Å². The van der Waals surface area contributed by atoms with Crippen molar-refractivity contribution in [1.82, 2.24) is 5.32 Å². The molecule has 0 spiro atoms. The number of carbonyl (C=O) groups is 2. The molecule has 0 saturated carbocycles. The molecule has 3 N–H and O–H groups in total. The lowest BCUT2D eigenvalue weighted by atomic mass is 10.1. The standard InChI is InChI=1S/C14H20N2O6S/c1-9-4-5-11(16-23(3,20)21)10(8-9)13(17)15-12(14(18)19)6-7-22-2/h4-5,8,12,16H,6-7H2,1-3H3,(H,15,17)(H,18,19). The molecule has 0 aromatic heterocycles. The van der Waals surface area contributed by atoms with Crippen LogP contribution < -0.4 is 10.0 Å². The maximum absolute atomic E-state index is 12.3. The maximum Gasteiger partial charge on any atom is 0.326 e. The fourth-order valence-corrected chi connectivity index (χ4v) is 2.44. The molecule has 1 unspecified atom stereocenters. The van der Waals surface area contributed by atoms with Gasteiger partial charge in [0, 0.05) is 20.1 Å². The van der Waals surface area contributed by atoms with Gasteiger partial charge in [0.05, 0.1) is 17.5 Å². The zero-order valence-electron chi connectivity index (χ0n) is 13.1. The van der Waals surface area contributed by atoms with Gasteiger partial charge in [-0.05, 0) is 19.1 Å². The third-order valence-electron chi connectivity index (χ3n) is 2.93. The van der Waals surface area contributed by atoms with Crippen molar-refractivity contribution >= 4 is 27.6 Å². The molecule has 0 saturated heterocycles. The van der Waals surface area contributed by atoms with Gasteiger partial charge in [-0.1, -0.05) is 11.6 Å². The lowest BCUT2D eigenvalue weighted by Crippen LogP contribution is -2.41. The minimum atomic E-state index is -3.57. The lowest BCUT2D eigenvalue weighted by Gasteiger charge is -2.16. The van der Waals surface area contributed by atoms with Gasteiger partial charge >= 0.3 is 5.97 Å². The summed E-state index contributed by atoms with van der Waals surface area (Å²) >= 11 is 0. The Morgan fingerprint density at radius 1 is 1.35 bits per heavy atom. The topological polar surface area (TPSA) is 122 Å². The molecule has 1 rings (SSSR count). The van der Waals surface area contributed by atoms with Crippen molar-refractivity contribution in [3.8, 4) is 0 Å². The Morgan fingerprint density at radius 2 is 2.00 bits per heavy atom. The van der Waals surface area contributed by atoms with E-state index in [1.807, 2.05) is 0 Å². The summed E-state index contributed by atoms with van der Waals surface area (Å²) in [4.78, 5) is 23.5. The summed E-state index contributed by atoms with van der Waals surface area (Å²) < 4.78 is 29.8. The number of anilines is 1. The van der Waals surface area contributed by atoms with Crippen LogP contribution in [0.4, 0.5) is 5.69 Å². The van der Waals surface area contributed by atoms with Crippen LogP contribution in [0.15, 0.2) is 18.2 Å². The van der Waals surface area contributed by atoms with Gasteiger partial charge in [0.25, 0.3) is 5.91 Å². The van der Waals surface area contributed by atoms with E-state index >= 15 is 0 Å². The first kappa shape index (κ1) is 18.9. The van der Waals surface area contributed by atoms with Crippen LogP contribution in [-0.2, 0) is 19.6 Å². The Morgan fingerprint density at radius 3 is 2.52 bits per heavy atom. The van der Waals surface area contributed by atoms with Gasteiger partial charge < -0.3 is 15.2 Å². The van der Waals surface area contributed by atoms with Crippen molar-refractivity contribution in [2.75, 3.05) is 24.7 Å². The Hall–Kier alpha value is -2.13. The van der Waals surface area contributed by atoms with E-state index in [0.29, 0.717) is 0 Å². The van der Waals surface area contributed by atoms with E-state index in [2.05, 4.69) is 10.0 Å². The van der Waals surface area contributed by atoms with Crippen molar-refractivity contribution in [3.63, 3.8) is 0 Å². The smallest absolute Gasteiger partial charge is 0.326 e. The fraction of sp³-hybridized carbons (Fsp3) is 0.429. The summed E-state index contributed by atoms with van der Waals surface area (Å²) in [7, 11) is -2.15. The van der Waals surface area contributed by atoms with Crippen LogP contribution in [0.25, 0.3) is 0 Å². The van der Waals surface area contributed by atoms with Gasteiger partial charge in [-0.25, -0.2) is 13.2 Å². The van der Waals surface area contributed by atoms with E-state index in [1.54, 1.807) is 13.0 Å². The van der Waals surface area contributed by atoms with Crippen LogP contribution in [0.3, 0.4) is 0 Å². The number of amides is 1. The highest BCUT2D eigenvalue weighted by Crippen LogP contribution is 2.19. The summed E-state index contributed by atoms with van der Waals surface area (Å²) in [5.41, 5.74) is 0.878. The number of hydrogen-bond acceptors (Lipinski definition) is 5. The highest BCUT2D eigenvalue weighted by molar-refractivity contribution is 7.92. The van der Waals surface area contributed by atoms with Gasteiger partial charge in [0.2, 0.25) is 10.0 Å². The van der Waals surface area contributed by atoms with E-state index in [0.717, 1.165) is 11.8 Å². The fourth-order valence-electron chi connectivity index (χ4n) is 1.86. The zero-order chi connectivity index (χ0) is 17.6. The number of aliphatic carboxylic acids is 1. The Kier molecular flexibility index (Phi) is 6.52. The summed E-state index contributed by atoms with van der Waals surface area (Å²) in [6.45, 7) is 1.90. The molecule has 1 aromatic carbocycles. The molecule has 0 radical (unpaired) electrons. The van der Waals surface area contributed by atoms with Crippen LogP contribution >= 0.6 is 0 Å². The molecule has 9 heteroatoms. The van der Waals surface area contributed by atoms with Crippen LogP contribution in [0.2, 0.25) is 0 Å². The summed E-state index contributed by atoms with van der Waals surface area (Å²) in [5, 5.41) is 11.5. The molecular formula is C14H20N2O6S. The van der Waals surface area contributed by atoms with Crippen molar-refractivity contribution in [3.05, 3.63) is 29.3 Å². The normalized spacial score (nSPS) is 12.5. The second-order valence-electron chi connectivity index (χ2n) is 5.07. The van der Waals surface area contributed by atoms with Gasteiger partial charge in [-0.3, -0.25) is 9.52 Å². The molecular weight excluding hydrogens is 324 g/mol. The average Bonchev–Trinajstić information content (AvgIpc) is 2.43. The zero-order valence-corrected chi connectivity index (χ0v) is 13.9. The number of methoxy groups -OCH3 is 1. The highest BCUT2D eigenvalue weighted by Gasteiger charge is 2.22. The minimum absolute atomic E-state index is 0.0547. The third-order valence-corrected chi connectivity index (χ3v) is 3.52. The van der Waals surface area contributed by atoms with Crippen LogP contribution in [0, 0.1) is 6.92 Å². The average molecular weight is 344 g/mol. The van der Waals surface area contributed by atoms with E-state index in [4.69, 9.17) is 9.84 Å². The number of carboxylic acids is 1. The molecule has 0 aliphatic carbocycles. The van der Waals surface area contributed by atoms with Gasteiger partial charge in [-0.2, -0.15) is 0 Å². The van der Waals surface area contributed by atoms with E-state index in [1.165, 1.54) is 19.2 Å². The Labute approximate surface area is 134 Å². The molecule has 8 nitrogen and oxygen atoms in total. The first-order valence-electron chi connectivity index (χ1n) is 6.75. The quantitative estimate of drug-likeness (QED) is 0.634. The number of benzene rings is 1. The van der Waals surface area contributed by atoms with Crippen LogP contribution in [0.1, 0.15) is 22.3 Å². The first-order valence-corrected chi connectivity index (χ1v) is 8.64. The molecule has 0 heterocycles. The van der Waals surface area contributed by atoms with Crippen molar-refractivity contribution < 1.29 is 27.9 Å². The number of aryl methyl sites for hydroxylation is 1. The molecule has 0 aliphatic rings. The summed E-state index contributed by atoms with van der Waals surface area (Å²) in [6, 6.07) is 3.45.